The average Bonchev–Trinajstić information content (AvgIpc) is 3.23. The molecule has 0 saturated heterocycles. The Hall–Kier alpha value is -1.60. The van der Waals surface area contributed by atoms with Crippen molar-refractivity contribution in [2.75, 3.05) is 4.90 Å². The molecule has 3 rings (SSSR count). The Morgan fingerprint density at radius 2 is 2.08 bits per heavy atom. The van der Waals surface area contributed by atoms with E-state index in [-0.39, 0.29) is 6.04 Å². The van der Waals surface area contributed by atoms with Crippen LogP contribution >= 0.6 is 45.9 Å². The third kappa shape index (κ3) is 4.04. The minimum Gasteiger partial charge on any atom is -0.477 e. The van der Waals surface area contributed by atoms with Crippen LogP contribution in [0, 0.1) is 0 Å². The van der Waals surface area contributed by atoms with Gasteiger partial charge < -0.3 is 10.0 Å². The topological polar surface area (TPSA) is 53.4 Å². The molecule has 0 radical (unpaired) electrons. The van der Waals surface area contributed by atoms with Crippen molar-refractivity contribution in [2.45, 2.75) is 26.4 Å². The second-order valence-electron chi connectivity index (χ2n) is 5.92. The molecule has 0 spiro atoms. The van der Waals surface area contributed by atoms with Gasteiger partial charge in [0.2, 0.25) is 0 Å². The molecule has 136 valence electrons. The van der Waals surface area contributed by atoms with Crippen molar-refractivity contribution in [3.8, 4) is 9.88 Å². The minimum atomic E-state index is -0.944. The number of carboxylic acid groups (broad SMARTS) is 1. The number of carboxylic acids is 1. The van der Waals surface area contributed by atoms with Gasteiger partial charge in [-0.25, -0.2) is 9.78 Å². The van der Waals surface area contributed by atoms with E-state index >= 15 is 0 Å². The first-order valence-corrected chi connectivity index (χ1v) is 10.3. The highest BCUT2D eigenvalue weighted by Gasteiger charge is 2.24. The molecule has 1 aromatic carbocycles. The van der Waals surface area contributed by atoms with Crippen molar-refractivity contribution < 1.29 is 9.90 Å². The number of carbonyl (C=O) groups is 1. The third-order valence-electron chi connectivity index (χ3n) is 3.84. The van der Waals surface area contributed by atoms with Crippen LogP contribution in [-0.4, -0.2) is 22.1 Å². The quantitative estimate of drug-likeness (QED) is 0.502. The minimum absolute atomic E-state index is 0.0820. The molecule has 0 fully saturated rings. The smallest absolute Gasteiger partial charge is 0.348 e. The molecule has 0 amide bonds. The van der Waals surface area contributed by atoms with Crippen molar-refractivity contribution in [2.24, 2.45) is 0 Å². The van der Waals surface area contributed by atoms with Crippen LogP contribution in [0.1, 0.15) is 29.1 Å². The van der Waals surface area contributed by atoms with Gasteiger partial charge in [0, 0.05) is 34.2 Å². The van der Waals surface area contributed by atoms with E-state index in [4.69, 9.17) is 23.2 Å². The molecule has 0 saturated carbocycles. The van der Waals surface area contributed by atoms with E-state index in [1.807, 2.05) is 36.3 Å². The molecular formula is C18H16Cl2N2O2S2. The van der Waals surface area contributed by atoms with Gasteiger partial charge in [-0.15, -0.1) is 22.7 Å². The maximum absolute atomic E-state index is 11.8. The lowest BCUT2D eigenvalue weighted by Gasteiger charge is -2.29. The molecule has 2 aromatic heterocycles. The number of halogens is 2. The summed E-state index contributed by atoms with van der Waals surface area (Å²) in [6, 6.07) is 7.34. The molecule has 4 nitrogen and oxygen atoms in total. The number of nitrogens with zero attached hydrogens (tertiary/aromatic N) is 2. The van der Waals surface area contributed by atoms with Crippen molar-refractivity contribution in [3.63, 3.8) is 0 Å². The Labute approximate surface area is 169 Å². The highest BCUT2D eigenvalue weighted by Crippen LogP contribution is 2.39. The Bertz CT molecular complexity index is 923. The first kappa shape index (κ1) is 19.2. The number of anilines is 1. The van der Waals surface area contributed by atoms with Crippen LogP contribution in [0.4, 0.5) is 5.69 Å². The van der Waals surface area contributed by atoms with Gasteiger partial charge in [-0.05, 0) is 37.6 Å². The van der Waals surface area contributed by atoms with Crippen LogP contribution < -0.4 is 4.90 Å². The van der Waals surface area contributed by atoms with Crippen molar-refractivity contribution in [3.05, 3.63) is 56.3 Å². The summed E-state index contributed by atoms with van der Waals surface area (Å²) in [4.78, 5) is 19.3. The predicted octanol–water partition coefficient (Wildman–Crippen LogP) is 6.29. The van der Waals surface area contributed by atoms with Gasteiger partial charge in [0.15, 0.2) is 0 Å². The van der Waals surface area contributed by atoms with E-state index in [1.165, 1.54) is 22.7 Å². The number of thiophene rings is 1. The zero-order chi connectivity index (χ0) is 18.8. The highest BCUT2D eigenvalue weighted by molar-refractivity contribution is 7.22. The maximum Gasteiger partial charge on any atom is 0.348 e. The molecule has 1 N–H and O–H groups in total. The van der Waals surface area contributed by atoms with Gasteiger partial charge in [0.05, 0.1) is 10.6 Å². The van der Waals surface area contributed by atoms with Crippen LogP contribution in [0.15, 0.2) is 35.8 Å². The molecule has 0 aliphatic heterocycles. The number of thiazole rings is 1. The number of benzene rings is 1. The standard InChI is InChI=1S/C18H16Cl2N2O2S2/c1-10(2)22(9-11-3-4-12(19)7-13(11)20)14-8-15(17-21-5-6-25-17)26-16(14)18(23)24/h3-8,10H,9H2,1-2H3,(H,23,24). The lowest BCUT2D eigenvalue weighted by Crippen LogP contribution is -2.31. The first-order valence-electron chi connectivity index (χ1n) is 7.84. The summed E-state index contributed by atoms with van der Waals surface area (Å²) in [6.45, 7) is 4.54. The largest absolute Gasteiger partial charge is 0.477 e. The van der Waals surface area contributed by atoms with E-state index in [9.17, 15) is 9.90 Å². The molecule has 0 aliphatic rings. The highest BCUT2D eigenvalue weighted by atomic mass is 35.5. The Kier molecular flexibility index (Phi) is 5.87. The van der Waals surface area contributed by atoms with Gasteiger partial charge in [0.25, 0.3) is 0 Å². The predicted molar refractivity (Wildman–Crippen MR) is 110 cm³/mol. The summed E-state index contributed by atoms with van der Waals surface area (Å²) in [7, 11) is 0. The monoisotopic (exact) mass is 426 g/mol. The fourth-order valence-corrected chi connectivity index (χ4v) is 4.76. The Morgan fingerprint density at radius 3 is 2.65 bits per heavy atom. The molecule has 0 atom stereocenters. The second-order valence-corrected chi connectivity index (χ2v) is 8.72. The number of hydrogen-bond acceptors (Lipinski definition) is 5. The summed E-state index contributed by atoms with van der Waals surface area (Å²) < 4.78 is 0. The normalized spacial score (nSPS) is 11.1. The Balaban J connectivity index is 2.03. The zero-order valence-corrected chi connectivity index (χ0v) is 17.2. The number of hydrogen-bond donors (Lipinski definition) is 1. The molecular weight excluding hydrogens is 411 g/mol. The lowest BCUT2D eigenvalue weighted by atomic mass is 10.1. The van der Waals surface area contributed by atoms with E-state index in [0.717, 1.165) is 15.4 Å². The molecule has 0 unspecified atom stereocenters. The van der Waals surface area contributed by atoms with E-state index in [0.29, 0.717) is 27.2 Å². The van der Waals surface area contributed by atoms with Gasteiger partial charge in [0.1, 0.15) is 9.88 Å². The van der Waals surface area contributed by atoms with E-state index in [1.54, 1.807) is 18.3 Å². The number of rotatable bonds is 6. The number of aromatic nitrogens is 1. The van der Waals surface area contributed by atoms with Gasteiger partial charge in [-0.1, -0.05) is 29.3 Å². The average molecular weight is 427 g/mol. The Morgan fingerprint density at radius 1 is 1.31 bits per heavy atom. The second kappa shape index (κ2) is 7.96. The summed E-state index contributed by atoms with van der Waals surface area (Å²) in [5.74, 6) is -0.944. The molecule has 3 aromatic rings. The van der Waals surface area contributed by atoms with Gasteiger partial charge >= 0.3 is 5.97 Å². The molecule has 8 heteroatoms. The van der Waals surface area contributed by atoms with Crippen LogP contribution in [0.5, 0.6) is 0 Å². The maximum atomic E-state index is 11.8. The third-order valence-corrected chi connectivity index (χ3v) is 6.48. The molecule has 2 heterocycles. The summed E-state index contributed by atoms with van der Waals surface area (Å²) in [6.07, 6.45) is 1.72. The van der Waals surface area contributed by atoms with Gasteiger partial charge in [-0.2, -0.15) is 0 Å². The number of aromatic carboxylic acids is 1. The fraction of sp³-hybridized carbons (Fsp3) is 0.222. The SMILES string of the molecule is CC(C)N(Cc1ccc(Cl)cc1Cl)c1cc(-c2nccs2)sc1C(=O)O. The van der Waals surface area contributed by atoms with Crippen LogP contribution in [0.2, 0.25) is 10.0 Å². The van der Waals surface area contributed by atoms with Crippen LogP contribution in [0.25, 0.3) is 9.88 Å². The van der Waals surface area contributed by atoms with E-state index < -0.39 is 5.97 Å². The van der Waals surface area contributed by atoms with Crippen LogP contribution in [0.3, 0.4) is 0 Å². The molecule has 0 bridgehead atoms. The van der Waals surface area contributed by atoms with Crippen molar-refractivity contribution in [1.29, 1.82) is 0 Å². The summed E-state index contributed by atoms with van der Waals surface area (Å²) in [5.41, 5.74) is 1.57. The van der Waals surface area contributed by atoms with Crippen LogP contribution in [-0.2, 0) is 6.54 Å². The lowest BCUT2D eigenvalue weighted by molar-refractivity contribution is 0.0702. The van der Waals surface area contributed by atoms with Crippen molar-refractivity contribution >= 4 is 57.5 Å². The van der Waals surface area contributed by atoms with Gasteiger partial charge in [-0.3, -0.25) is 0 Å². The molecule has 0 aliphatic carbocycles. The first-order chi connectivity index (χ1) is 12.4. The molecule has 26 heavy (non-hydrogen) atoms. The summed E-state index contributed by atoms with van der Waals surface area (Å²) in [5, 5.41) is 13.5. The summed E-state index contributed by atoms with van der Waals surface area (Å²) >= 11 is 15.0. The van der Waals surface area contributed by atoms with E-state index in [2.05, 4.69) is 4.98 Å². The zero-order valence-electron chi connectivity index (χ0n) is 14.1. The van der Waals surface area contributed by atoms with Crippen molar-refractivity contribution in [1.82, 2.24) is 4.98 Å². The fourth-order valence-electron chi connectivity index (χ4n) is 2.58.